The molecule has 1 rings (SSSR count). The summed E-state index contributed by atoms with van der Waals surface area (Å²) in [6.07, 6.45) is 8.44. The van der Waals surface area contributed by atoms with Crippen molar-refractivity contribution in [3.8, 4) is 0 Å². The summed E-state index contributed by atoms with van der Waals surface area (Å²) >= 11 is 0. The van der Waals surface area contributed by atoms with Gasteiger partial charge in [-0.15, -0.1) is 0 Å². The summed E-state index contributed by atoms with van der Waals surface area (Å²) in [5.74, 6) is 0. The van der Waals surface area contributed by atoms with E-state index in [2.05, 4.69) is 26.1 Å². The van der Waals surface area contributed by atoms with Crippen molar-refractivity contribution >= 4 is 0 Å². The van der Waals surface area contributed by atoms with Gasteiger partial charge < -0.3 is 5.32 Å². The van der Waals surface area contributed by atoms with Crippen LogP contribution in [0.15, 0.2) is 0 Å². The number of hydrogen-bond donors (Lipinski definition) is 1. The second-order valence-electron chi connectivity index (χ2n) is 5.06. The van der Waals surface area contributed by atoms with Gasteiger partial charge in [0.25, 0.3) is 0 Å². The lowest BCUT2D eigenvalue weighted by atomic mass is 9.75. The lowest BCUT2D eigenvalue weighted by Crippen LogP contribution is -2.37. The average molecular weight is 183 g/mol. The van der Waals surface area contributed by atoms with Crippen LogP contribution in [-0.4, -0.2) is 12.6 Å². The van der Waals surface area contributed by atoms with E-state index in [9.17, 15) is 0 Å². The maximum Gasteiger partial charge on any atom is 0.00363 e. The number of rotatable bonds is 4. The summed E-state index contributed by atoms with van der Waals surface area (Å²) in [6, 6.07) is 0.693. The fourth-order valence-electron chi connectivity index (χ4n) is 2.15. The summed E-state index contributed by atoms with van der Waals surface area (Å²) in [5.41, 5.74) is 0.599. The number of nitrogens with one attached hydrogen (secondary N) is 1. The molecule has 1 N–H and O–H groups in total. The molecule has 0 aromatic heterocycles. The Hall–Kier alpha value is -0.0400. The Labute approximate surface area is 83.3 Å². The highest BCUT2D eigenvalue weighted by Gasteiger charge is 2.26. The molecule has 0 radical (unpaired) electrons. The van der Waals surface area contributed by atoms with Gasteiger partial charge in [-0.05, 0) is 31.6 Å². The minimum atomic E-state index is 0.599. The molecular weight excluding hydrogens is 158 g/mol. The van der Waals surface area contributed by atoms with E-state index in [4.69, 9.17) is 0 Å². The average Bonchev–Trinajstić information content (AvgIpc) is 2.15. The van der Waals surface area contributed by atoms with Crippen LogP contribution in [0.1, 0.15) is 59.3 Å². The van der Waals surface area contributed by atoms with Crippen LogP contribution in [0.2, 0.25) is 0 Å². The van der Waals surface area contributed by atoms with Crippen molar-refractivity contribution in [3.05, 3.63) is 0 Å². The van der Waals surface area contributed by atoms with Crippen LogP contribution in [0.5, 0.6) is 0 Å². The van der Waals surface area contributed by atoms with E-state index in [0.717, 1.165) is 0 Å². The lowest BCUT2D eigenvalue weighted by Gasteiger charge is -2.34. The molecule has 0 aliphatic heterocycles. The van der Waals surface area contributed by atoms with Crippen molar-refractivity contribution in [1.29, 1.82) is 0 Å². The SMILES string of the molecule is CCC(C)NCC1(C)CCCCC1. The first-order chi connectivity index (χ1) is 6.16. The summed E-state index contributed by atoms with van der Waals surface area (Å²) in [6.45, 7) is 8.20. The molecule has 0 aromatic rings. The van der Waals surface area contributed by atoms with Gasteiger partial charge in [-0.3, -0.25) is 0 Å². The minimum absolute atomic E-state index is 0.599. The van der Waals surface area contributed by atoms with Crippen LogP contribution in [0.25, 0.3) is 0 Å². The van der Waals surface area contributed by atoms with Crippen LogP contribution in [0.3, 0.4) is 0 Å². The topological polar surface area (TPSA) is 12.0 Å². The molecule has 1 unspecified atom stereocenters. The molecule has 1 aliphatic rings. The molecule has 1 nitrogen and oxygen atoms in total. The lowest BCUT2D eigenvalue weighted by molar-refractivity contribution is 0.201. The van der Waals surface area contributed by atoms with Crippen LogP contribution in [-0.2, 0) is 0 Å². The zero-order valence-corrected chi connectivity index (χ0v) is 9.53. The Morgan fingerprint density at radius 1 is 1.23 bits per heavy atom. The van der Waals surface area contributed by atoms with Crippen LogP contribution < -0.4 is 5.32 Å². The summed E-state index contributed by atoms with van der Waals surface area (Å²) in [7, 11) is 0. The third kappa shape index (κ3) is 3.68. The summed E-state index contributed by atoms with van der Waals surface area (Å²) < 4.78 is 0. The molecule has 0 amide bonds. The van der Waals surface area contributed by atoms with Crippen molar-refractivity contribution < 1.29 is 0 Å². The maximum atomic E-state index is 3.64. The standard InChI is InChI=1S/C12H25N/c1-4-11(2)13-10-12(3)8-6-5-7-9-12/h11,13H,4-10H2,1-3H3. The maximum absolute atomic E-state index is 3.64. The van der Waals surface area contributed by atoms with E-state index < -0.39 is 0 Å². The second-order valence-corrected chi connectivity index (χ2v) is 5.06. The zero-order valence-electron chi connectivity index (χ0n) is 9.53. The molecule has 0 saturated heterocycles. The van der Waals surface area contributed by atoms with Gasteiger partial charge in [0.05, 0.1) is 0 Å². The van der Waals surface area contributed by atoms with Crippen molar-refractivity contribution in [2.24, 2.45) is 5.41 Å². The molecule has 0 aromatic carbocycles. The van der Waals surface area contributed by atoms with Crippen molar-refractivity contribution in [1.82, 2.24) is 5.32 Å². The summed E-state index contributed by atoms with van der Waals surface area (Å²) in [5, 5.41) is 3.64. The van der Waals surface area contributed by atoms with Gasteiger partial charge in [-0.25, -0.2) is 0 Å². The fraction of sp³-hybridized carbons (Fsp3) is 1.00. The third-order valence-electron chi connectivity index (χ3n) is 3.55. The number of hydrogen-bond acceptors (Lipinski definition) is 1. The molecule has 1 heteroatoms. The Morgan fingerprint density at radius 3 is 2.38 bits per heavy atom. The van der Waals surface area contributed by atoms with Gasteiger partial charge in [0.2, 0.25) is 0 Å². The highest BCUT2D eigenvalue weighted by Crippen LogP contribution is 2.34. The van der Waals surface area contributed by atoms with E-state index in [1.54, 1.807) is 0 Å². The van der Waals surface area contributed by atoms with E-state index in [1.165, 1.54) is 45.1 Å². The van der Waals surface area contributed by atoms with Gasteiger partial charge in [-0.1, -0.05) is 33.1 Å². The molecule has 78 valence electrons. The largest absolute Gasteiger partial charge is 0.314 e. The first-order valence-corrected chi connectivity index (χ1v) is 5.90. The van der Waals surface area contributed by atoms with Gasteiger partial charge in [0, 0.05) is 12.6 Å². The van der Waals surface area contributed by atoms with E-state index in [-0.39, 0.29) is 0 Å². The molecule has 0 heterocycles. The van der Waals surface area contributed by atoms with Crippen LogP contribution >= 0.6 is 0 Å². The Morgan fingerprint density at radius 2 is 1.85 bits per heavy atom. The van der Waals surface area contributed by atoms with Crippen molar-refractivity contribution in [2.75, 3.05) is 6.54 Å². The molecule has 1 fully saturated rings. The predicted octanol–water partition coefficient (Wildman–Crippen LogP) is 3.34. The highest BCUT2D eigenvalue weighted by atomic mass is 14.9. The smallest absolute Gasteiger partial charge is 0.00363 e. The first-order valence-electron chi connectivity index (χ1n) is 5.90. The fourth-order valence-corrected chi connectivity index (χ4v) is 2.15. The molecular formula is C12H25N. The third-order valence-corrected chi connectivity index (χ3v) is 3.55. The first kappa shape index (κ1) is 11.0. The minimum Gasteiger partial charge on any atom is -0.314 e. The molecule has 0 bridgehead atoms. The van der Waals surface area contributed by atoms with Crippen LogP contribution in [0.4, 0.5) is 0 Å². The van der Waals surface area contributed by atoms with Crippen molar-refractivity contribution in [2.45, 2.75) is 65.3 Å². The van der Waals surface area contributed by atoms with Gasteiger partial charge in [0.1, 0.15) is 0 Å². The Bertz CT molecular complexity index is 136. The van der Waals surface area contributed by atoms with E-state index >= 15 is 0 Å². The van der Waals surface area contributed by atoms with Gasteiger partial charge >= 0.3 is 0 Å². The quantitative estimate of drug-likeness (QED) is 0.705. The monoisotopic (exact) mass is 183 g/mol. The van der Waals surface area contributed by atoms with Gasteiger partial charge in [-0.2, -0.15) is 0 Å². The van der Waals surface area contributed by atoms with E-state index in [1.807, 2.05) is 0 Å². The highest BCUT2D eigenvalue weighted by molar-refractivity contribution is 4.81. The molecule has 13 heavy (non-hydrogen) atoms. The zero-order chi connectivity index (χ0) is 9.73. The molecule has 1 aliphatic carbocycles. The second kappa shape index (κ2) is 4.99. The summed E-state index contributed by atoms with van der Waals surface area (Å²) in [4.78, 5) is 0. The molecule has 1 saturated carbocycles. The molecule has 1 atom stereocenters. The molecule has 0 spiro atoms. The normalized spacial score (nSPS) is 24.2. The Balaban J connectivity index is 2.24. The van der Waals surface area contributed by atoms with Crippen molar-refractivity contribution in [3.63, 3.8) is 0 Å². The predicted molar refractivity (Wildman–Crippen MR) is 58.9 cm³/mol. The van der Waals surface area contributed by atoms with Crippen LogP contribution in [0, 0.1) is 5.41 Å². The van der Waals surface area contributed by atoms with E-state index in [0.29, 0.717) is 11.5 Å². The van der Waals surface area contributed by atoms with Gasteiger partial charge in [0.15, 0.2) is 0 Å². The Kier molecular flexibility index (Phi) is 4.24.